The van der Waals surface area contributed by atoms with Gasteiger partial charge in [0.2, 0.25) is 11.8 Å². The molecule has 0 bridgehead atoms. The maximum absolute atomic E-state index is 12.1. The standard InChI is InChI=1S/C15H18N4O4S/c1-3-6-16-15-18-14(21)12(24-15)8-13(20)17-10-5-4-9(2)7-11(10)19(22)23/h4-5,7,12H,3,6,8H2,1-2H3,(H,17,20)(H,16,18,21)/t12-/m0/s1. The number of thioether (sulfide) groups is 1. The predicted molar refractivity (Wildman–Crippen MR) is 93.2 cm³/mol. The summed E-state index contributed by atoms with van der Waals surface area (Å²) in [4.78, 5) is 38.7. The minimum absolute atomic E-state index is 0.0767. The molecule has 24 heavy (non-hydrogen) atoms. The van der Waals surface area contributed by atoms with E-state index >= 15 is 0 Å². The van der Waals surface area contributed by atoms with Crippen LogP contribution in [0.15, 0.2) is 23.2 Å². The molecular weight excluding hydrogens is 332 g/mol. The van der Waals surface area contributed by atoms with Gasteiger partial charge in [0.05, 0.1) is 4.92 Å². The van der Waals surface area contributed by atoms with Crippen LogP contribution in [-0.2, 0) is 9.59 Å². The second-order valence-corrected chi connectivity index (χ2v) is 6.50. The third-order valence-corrected chi connectivity index (χ3v) is 4.37. The number of anilines is 1. The summed E-state index contributed by atoms with van der Waals surface area (Å²) >= 11 is 1.21. The molecule has 2 rings (SSSR count). The van der Waals surface area contributed by atoms with Crippen LogP contribution in [0.4, 0.5) is 11.4 Å². The fourth-order valence-corrected chi connectivity index (χ4v) is 3.09. The van der Waals surface area contributed by atoms with E-state index in [4.69, 9.17) is 0 Å². The number of nitro groups is 1. The second-order valence-electron chi connectivity index (χ2n) is 5.31. The molecule has 0 spiro atoms. The molecule has 0 radical (unpaired) electrons. The average molecular weight is 350 g/mol. The molecule has 9 heteroatoms. The number of hydrogen-bond acceptors (Lipinski definition) is 6. The normalized spacial score (nSPS) is 18.5. The summed E-state index contributed by atoms with van der Waals surface area (Å²) in [5, 5.41) is 16.1. The van der Waals surface area contributed by atoms with Crippen LogP contribution in [0.5, 0.6) is 0 Å². The molecule has 2 N–H and O–H groups in total. The van der Waals surface area contributed by atoms with Gasteiger partial charge in [-0.1, -0.05) is 24.8 Å². The predicted octanol–water partition coefficient (Wildman–Crippen LogP) is 2.23. The Hall–Kier alpha value is -2.42. The number of carbonyl (C=O) groups is 2. The van der Waals surface area contributed by atoms with Crippen molar-refractivity contribution in [3.8, 4) is 0 Å². The lowest BCUT2D eigenvalue weighted by Gasteiger charge is -2.08. The number of nitro benzene ring substituents is 1. The number of amides is 2. The lowest BCUT2D eigenvalue weighted by atomic mass is 10.2. The van der Waals surface area contributed by atoms with Crippen molar-refractivity contribution in [2.24, 2.45) is 4.99 Å². The van der Waals surface area contributed by atoms with Crippen LogP contribution in [0.3, 0.4) is 0 Å². The van der Waals surface area contributed by atoms with E-state index in [1.807, 2.05) is 6.92 Å². The highest BCUT2D eigenvalue weighted by Crippen LogP contribution is 2.27. The Kier molecular flexibility index (Phi) is 5.91. The lowest BCUT2D eigenvalue weighted by molar-refractivity contribution is -0.384. The van der Waals surface area contributed by atoms with Crippen LogP contribution >= 0.6 is 11.8 Å². The minimum atomic E-state index is -0.579. The Balaban J connectivity index is 2.02. The van der Waals surface area contributed by atoms with Crippen LogP contribution in [0, 0.1) is 17.0 Å². The van der Waals surface area contributed by atoms with Crippen molar-refractivity contribution in [2.45, 2.75) is 31.9 Å². The first-order valence-electron chi connectivity index (χ1n) is 7.47. The second kappa shape index (κ2) is 7.91. The number of rotatable bonds is 6. The zero-order valence-electron chi connectivity index (χ0n) is 13.4. The van der Waals surface area contributed by atoms with Crippen molar-refractivity contribution in [2.75, 3.05) is 11.9 Å². The van der Waals surface area contributed by atoms with Crippen molar-refractivity contribution in [1.82, 2.24) is 5.32 Å². The van der Waals surface area contributed by atoms with Gasteiger partial charge in [-0.05, 0) is 25.0 Å². The molecule has 0 aromatic heterocycles. The van der Waals surface area contributed by atoms with E-state index in [1.165, 1.54) is 23.9 Å². The van der Waals surface area contributed by atoms with E-state index in [9.17, 15) is 19.7 Å². The smallest absolute Gasteiger partial charge is 0.293 e. The van der Waals surface area contributed by atoms with Crippen molar-refractivity contribution >= 4 is 40.1 Å². The summed E-state index contributed by atoms with van der Waals surface area (Å²) in [6.07, 6.45) is 0.787. The molecule has 2 amide bonds. The maximum Gasteiger partial charge on any atom is 0.293 e. The molecular formula is C15H18N4O4S. The summed E-state index contributed by atoms with van der Waals surface area (Å²) < 4.78 is 0. The van der Waals surface area contributed by atoms with E-state index < -0.39 is 16.1 Å². The molecule has 1 aliphatic rings. The third kappa shape index (κ3) is 4.54. The van der Waals surface area contributed by atoms with Gasteiger partial charge in [-0.3, -0.25) is 24.7 Å². The SMILES string of the molecule is CCCN=C1NC(=O)[C@H](CC(=O)Nc2ccc(C)cc2[N+](=O)[O-])S1. The number of aliphatic imine (C=N–C) groups is 1. The van der Waals surface area contributed by atoms with Gasteiger partial charge in [0.25, 0.3) is 5.69 Å². The van der Waals surface area contributed by atoms with Crippen LogP contribution in [0.25, 0.3) is 0 Å². The Morgan fingerprint density at radius 3 is 2.92 bits per heavy atom. The largest absolute Gasteiger partial charge is 0.320 e. The highest BCUT2D eigenvalue weighted by molar-refractivity contribution is 8.15. The first-order chi connectivity index (χ1) is 11.4. The first-order valence-corrected chi connectivity index (χ1v) is 8.35. The van der Waals surface area contributed by atoms with E-state index in [2.05, 4.69) is 15.6 Å². The number of amidine groups is 1. The fourth-order valence-electron chi connectivity index (χ4n) is 2.10. The molecule has 1 saturated heterocycles. The molecule has 1 aromatic rings. The van der Waals surface area contributed by atoms with Gasteiger partial charge in [-0.25, -0.2) is 0 Å². The third-order valence-electron chi connectivity index (χ3n) is 3.25. The monoisotopic (exact) mass is 350 g/mol. The molecule has 0 saturated carbocycles. The summed E-state index contributed by atoms with van der Waals surface area (Å²) in [5.41, 5.74) is 0.679. The topological polar surface area (TPSA) is 114 Å². The van der Waals surface area contributed by atoms with Gasteiger partial charge in [-0.2, -0.15) is 0 Å². The number of aryl methyl sites for hydroxylation is 1. The maximum atomic E-state index is 12.1. The molecule has 0 aliphatic carbocycles. The first kappa shape index (κ1) is 17.9. The number of benzene rings is 1. The number of nitrogens with one attached hydrogen (secondary N) is 2. The van der Waals surface area contributed by atoms with Crippen LogP contribution in [0.1, 0.15) is 25.3 Å². The Morgan fingerprint density at radius 1 is 1.50 bits per heavy atom. The van der Waals surface area contributed by atoms with Gasteiger partial charge < -0.3 is 10.6 Å². The molecule has 8 nitrogen and oxygen atoms in total. The van der Waals surface area contributed by atoms with Crippen molar-refractivity contribution < 1.29 is 14.5 Å². The molecule has 1 heterocycles. The lowest BCUT2D eigenvalue weighted by Crippen LogP contribution is -2.28. The highest BCUT2D eigenvalue weighted by atomic mass is 32.2. The van der Waals surface area contributed by atoms with Gasteiger partial charge >= 0.3 is 0 Å². The van der Waals surface area contributed by atoms with Crippen molar-refractivity contribution in [3.05, 3.63) is 33.9 Å². The van der Waals surface area contributed by atoms with Gasteiger partial charge in [0.1, 0.15) is 10.9 Å². The van der Waals surface area contributed by atoms with E-state index in [0.29, 0.717) is 11.7 Å². The van der Waals surface area contributed by atoms with Gasteiger partial charge in [-0.15, -0.1) is 0 Å². The van der Waals surface area contributed by atoms with Gasteiger partial charge in [0.15, 0.2) is 5.17 Å². The summed E-state index contributed by atoms with van der Waals surface area (Å²) in [6, 6.07) is 4.55. The zero-order valence-corrected chi connectivity index (χ0v) is 14.2. The Labute approximate surface area is 143 Å². The van der Waals surface area contributed by atoms with Crippen molar-refractivity contribution in [1.29, 1.82) is 0 Å². The number of nitrogens with zero attached hydrogens (tertiary/aromatic N) is 2. The molecule has 1 fully saturated rings. The molecule has 1 aromatic carbocycles. The van der Waals surface area contributed by atoms with Crippen LogP contribution in [-0.4, -0.2) is 33.7 Å². The average Bonchev–Trinajstić information content (AvgIpc) is 2.86. The fraction of sp³-hybridized carbons (Fsp3) is 0.400. The van der Waals surface area contributed by atoms with E-state index in [0.717, 1.165) is 12.0 Å². The number of carbonyl (C=O) groups excluding carboxylic acids is 2. The summed E-state index contributed by atoms with van der Waals surface area (Å²) in [5.74, 6) is -0.727. The number of hydrogen-bond donors (Lipinski definition) is 2. The Bertz CT molecular complexity index is 705. The minimum Gasteiger partial charge on any atom is -0.320 e. The molecule has 1 aliphatic heterocycles. The van der Waals surface area contributed by atoms with E-state index in [-0.39, 0.29) is 23.7 Å². The molecule has 1 atom stereocenters. The van der Waals surface area contributed by atoms with Crippen LogP contribution in [0.2, 0.25) is 0 Å². The highest BCUT2D eigenvalue weighted by Gasteiger charge is 2.32. The van der Waals surface area contributed by atoms with E-state index in [1.54, 1.807) is 13.0 Å². The molecule has 128 valence electrons. The summed E-state index contributed by atoms with van der Waals surface area (Å²) in [6.45, 7) is 4.32. The quantitative estimate of drug-likeness (QED) is 0.603. The van der Waals surface area contributed by atoms with Crippen molar-refractivity contribution in [3.63, 3.8) is 0 Å². The zero-order chi connectivity index (χ0) is 17.7. The summed E-state index contributed by atoms with van der Waals surface area (Å²) in [7, 11) is 0. The molecule has 0 unspecified atom stereocenters. The van der Waals surface area contributed by atoms with Crippen LogP contribution < -0.4 is 10.6 Å². The Morgan fingerprint density at radius 2 is 2.25 bits per heavy atom. The van der Waals surface area contributed by atoms with Gasteiger partial charge in [0, 0.05) is 19.0 Å².